The molecule has 0 spiro atoms. The van der Waals surface area contributed by atoms with Crippen molar-refractivity contribution >= 4 is 12.6 Å². The monoisotopic (exact) mass is 153 g/mol. The standard InChI is InChI=1S/C7H9BO3/c1-11-7-5-3-2-4-6(7)8(9)10/h2-5,9-10H,1H3/i1D. The molecule has 0 aliphatic rings. The van der Waals surface area contributed by atoms with E-state index in [9.17, 15) is 0 Å². The largest absolute Gasteiger partial charge is 0.497 e. The van der Waals surface area contributed by atoms with Crippen LogP contribution in [-0.4, -0.2) is 24.3 Å². The molecule has 0 amide bonds. The first kappa shape index (κ1) is 6.70. The van der Waals surface area contributed by atoms with Crippen LogP contribution in [-0.2, 0) is 0 Å². The Hall–Kier alpha value is -0.995. The molecule has 0 aliphatic heterocycles. The fraction of sp³-hybridized carbons (Fsp3) is 0.143. The molecular weight excluding hydrogens is 143 g/mol. The van der Waals surface area contributed by atoms with E-state index in [-0.39, 0.29) is 12.5 Å². The summed E-state index contributed by atoms with van der Waals surface area (Å²) < 4.78 is 11.6. The third-order valence-corrected chi connectivity index (χ3v) is 1.35. The van der Waals surface area contributed by atoms with E-state index in [0.29, 0.717) is 5.75 Å². The lowest BCUT2D eigenvalue weighted by Gasteiger charge is -2.05. The van der Waals surface area contributed by atoms with Gasteiger partial charge in [0.2, 0.25) is 0 Å². The highest BCUT2D eigenvalue weighted by Crippen LogP contribution is 2.04. The highest BCUT2D eigenvalue weighted by molar-refractivity contribution is 6.59. The van der Waals surface area contributed by atoms with Crippen molar-refractivity contribution in [1.29, 1.82) is 0 Å². The average molecular weight is 153 g/mol. The molecule has 0 aliphatic carbocycles. The van der Waals surface area contributed by atoms with Gasteiger partial charge in [-0.25, -0.2) is 0 Å². The molecule has 0 atom stereocenters. The molecule has 4 heteroatoms. The zero-order valence-corrected chi connectivity index (χ0v) is 5.90. The number of para-hydroxylation sites is 1. The van der Waals surface area contributed by atoms with Crippen molar-refractivity contribution < 1.29 is 16.2 Å². The van der Waals surface area contributed by atoms with Gasteiger partial charge in [-0.3, -0.25) is 0 Å². The smallest absolute Gasteiger partial charge is 0.492 e. The minimum atomic E-state index is -1.55. The van der Waals surface area contributed by atoms with Gasteiger partial charge in [0.05, 0.1) is 8.46 Å². The van der Waals surface area contributed by atoms with Crippen LogP contribution < -0.4 is 10.2 Å². The Labute approximate surface area is 66.8 Å². The third kappa shape index (κ3) is 1.72. The molecule has 58 valence electrons. The Morgan fingerprint density at radius 2 is 2.18 bits per heavy atom. The minimum Gasteiger partial charge on any atom is -0.497 e. The molecule has 0 unspecified atom stereocenters. The second-order valence-corrected chi connectivity index (χ2v) is 2.06. The van der Waals surface area contributed by atoms with Crippen LogP contribution in [0.4, 0.5) is 0 Å². The summed E-state index contributed by atoms with van der Waals surface area (Å²) in [5, 5.41) is 17.7. The Morgan fingerprint density at radius 1 is 1.45 bits per heavy atom. The van der Waals surface area contributed by atoms with Gasteiger partial charge >= 0.3 is 7.12 Å². The maximum atomic E-state index is 8.85. The van der Waals surface area contributed by atoms with Gasteiger partial charge in [0.25, 0.3) is 0 Å². The number of hydrogen-bond donors (Lipinski definition) is 2. The van der Waals surface area contributed by atoms with Crippen LogP contribution in [0.25, 0.3) is 0 Å². The van der Waals surface area contributed by atoms with Crippen molar-refractivity contribution in [2.24, 2.45) is 0 Å². The summed E-state index contributed by atoms with van der Waals surface area (Å²) in [7, 11) is -1.78. The molecule has 1 rings (SSSR count). The van der Waals surface area contributed by atoms with Crippen LogP contribution in [0.15, 0.2) is 24.3 Å². The molecule has 1 aromatic rings. The first-order valence-corrected chi connectivity index (χ1v) is 3.13. The summed E-state index contributed by atoms with van der Waals surface area (Å²) in [5.41, 5.74) is 0.282. The predicted molar refractivity (Wildman–Crippen MR) is 42.8 cm³/mol. The Bertz CT molecular complexity index is 254. The molecule has 0 radical (unpaired) electrons. The zero-order chi connectivity index (χ0) is 8.97. The van der Waals surface area contributed by atoms with Gasteiger partial charge in [-0.1, -0.05) is 18.2 Å². The van der Waals surface area contributed by atoms with Gasteiger partial charge in [0, 0.05) is 5.46 Å². The maximum Gasteiger partial charge on any atom is 0.492 e. The van der Waals surface area contributed by atoms with Crippen LogP contribution in [0.5, 0.6) is 5.75 Å². The van der Waals surface area contributed by atoms with E-state index in [1.54, 1.807) is 18.2 Å². The van der Waals surface area contributed by atoms with E-state index in [2.05, 4.69) is 0 Å². The van der Waals surface area contributed by atoms with Crippen molar-refractivity contribution in [3.63, 3.8) is 0 Å². The number of benzene rings is 1. The summed E-state index contributed by atoms with van der Waals surface area (Å²) in [5.74, 6) is 0.336. The third-order valence-electron chi connectivity index (χ3n) is 1.35. The molecule has 1 aromatic carbocycles. The van der Waals surface area contributed by atoms with E-state index in [1.165, 1.54) is 6.07 Å². The van der Waals surface area contributed by atoms with E-state index < -0.39 is 7.12 Å². The SMILES string of the molecule is [2H]COc1ccccc1B(O)O. The van der Waals surface area contributed by atoms with Crippen LogP contribution >= 0.6 is 0 Å². The number of methoxy groups -OCH3 is 1. The molecule has 3 nitrogen and oxygen atoms in total. The predicted octanol–water partition coefficient (Wildman–Crippen LogP) is -0.625. The summed E-state index contributed by atoms with van der Waals surface area (Å²) in [6.07, 6.45) is 0. The van der Waals surface area contributed by atoms with Crippen LogP contribution in [0.1, 0.15) is 1.37 Å². The lowest BCUT2D eigenvalue weighted by atomic mass is 9.80. The van der Waals surface area contributed by atoms with Gasteiger partial charge < -0.3 is 14.8 Å². The Kier molecular flexibility index (Phi) is 2.08. The van der Waals surface area contributed by atoms with Gasteiger partial charge in [0.1, 0.15) is 5.75 Å². The van der Waals surface area contributed by atoms with Gasteiger partial charge in [0.15, 0.2) is 0 Å². The molecule has 0 fully saturated rings. The summed E-state index contributed by atoms with van der Waals surface area (Å²) >= 11 is 0. The maximum absolute atomic E-state index is 8.85. The van der Waals surface area contributed by atoms with Crippen molar-refractivity contribution in [2.75, 3.05) is 7.09 Å². The molecule has 0 saturated carbocycles. The topological polar surface area (TPSA) is 49.7 Å². The number of hydrogen-bond acceptors (Lipinski definition) is 3. The van der Waals surface area contributed by atoms with Crippen molar-refractivity contribution in [3.05, 3.63) is 24.3 Å². The molecule has 2 N–H and O–H groups in total. The fourth-order valence-corrected chi connectivity index (χ4v) is 0.825. The lowest BCUT2D eigenvalue weighted by molar-refractivity contribution is 0.403. The van der Waals surface area contributed by atoms with Crippen molar-refractivity contribution in [3.8, 4) is 5.75 Å². The Morgan fingerprint density at radius 3 is 2.82 bits per heavy atom. The molecular formula is C7H9BO3. The van der Waals surface area contributed by atoms with E-state index in [4.69, 9.17) is 16.2 Å². The highest BCUT2D eigenvalue weighted by Gasteiger charge is 2.14. The van der Waals surface area contributed by atoms with Crippen LogP contribution in [0, 0.1) is 0 Å². The number of rotatable bonds is 2. The fourth-order valence-electron chi connectivity index (χ4n) is 0.825. The van der Waals surface area contributed by atoms with Gasteiger partial charge in [-0.15, -0.1) is 0 Å². The summed E-state index contributed by atoms with van der Waals surface area (Å²) in [4.78, 5) is 0. The normalized spacial score (nSPS) is 10.5. The van der Waals surface area contributed by atoms with E-state index in [0.717, 1.165) is 0 Å². The second kappa shape index (κ2) is 3.41. The highest BCUT2D eigenvalue weighted by atomic mass is 16.5. The Balaban J connectivity index is 2.92. The molecule has 0 aromatic heterocycles. The quantitative estimate of drug-likeness (QED) is 0.556. The second-order valence-electron chi connectivity index (χ2n) is 2.06. The first-order valence-electron chi connectivity index (χ1n) is 3.83. The summed E-state index contributed by atoms with van der Waals surface area (Å²) in [6.45, 7) is 0. The van der Waals surface area contributed by atoms with E-state index in [1.807, 2.05) is 0 Å². The minimum absolute atomic E-state index is 0.232. The van der Waals surface area contributed by atoms with Crippen molar-refractivity contribution in [2.45, 2.75) is 0 Å². The molecule has 0 heterocycles. The molecule has 0 bridgehead atoms. The van der Waals surface area contributed by atoms with Gasteiger partial charge in [-0.2, -0.15) is 0 Å². The number of ether oxygens (including phenoxy) is 1. The lowest BCUT2D eigenvalue weighted by Crippen LogP contribution is -2.30. The van der Waals surface area contributed by atoms with Crippen molar-refractivity contribution in [1.82, 2.24) is 0 Å². The van der Waals surface area contributed by atoms with E-state index >= 15 is 0 Å². The molecule has 11 heavy (non-hydrogen) atoms. The average Bonchev–Trinajstić information content (AvgIpc) is 2.05. The van der Waals surface area contributed by atoms with Gasteiger partial charge in [-0.05, 0) is 6.07 Å². The zero-order valence-electron chi connectivity index (χ0n) is 6.90. The first-order chi connectivity index (χ1) is 5.75. The summed E-state index contributed by atoms with van der Waals surface area (Å²) in [6, 6.07) is 6.50. The van der Waals surface area contributed by atoms with Crippen LogP contribution in [0.3, 0.4) is 0 Å². The van der Waals surface area contributed by atoms with Crippen LogP contribution in [0.2, 0.25) is 0 Å². The molecule has 0 saturated heterocycles.